The van der Waals surface area contributed by atoms with Crippen molar-refractivity contribution < 1.29 is 9.63 Å². The van der Waals surface area contributed by atoms with Gasteiger partial charge in [-0.15, -0.1) is 0 Å². The Balaban J connectivity index is 2.21. The van der Waals surface area contributed by atoms with Crippen molar-refractivity contribution in [2.45, 2.75) is 32.9 Å². The fourth-order valence-electron chi connectivity index (χ4n) is 2.57. The zero-order valence-electron chi connectivity index (χ0n) is 13.5. The molecule has 22 heavy (non-hydrogen) atoms. The minimum absolute atomic E-state index is 0.0389. The summed E-state index contributed by atoms with van der Waals surface area (Å²) in [5, 5.41) is 2.24. The molecule has 1 atom stereocenters. The topological polar surface area (TPSA) is 45.1 Å². The molecule has 1 aromatic rings. The number of halogens is 1. The predicted octanol–water partition coefficient (Wildman–Crippen LogP) is 2.94. The third-order valence-corrected chi connectivity index (χ3v) is 3.89. The van der Waals surface area contributed by atoms with Crippen molar-refractivity contribution in [3.8, 4) is 0 Å². The summed E-state index contributed by atoms with van der Waals surface area (Å²) < 4.78 is 0. The van der Waals surface area contributed by atoms with Crippen molar-refractivity contribution in [1.29, 1.82) is 0 Å². The number of hydrogen-bond acceptors (Lipinski definition) is 4. The second-order valence-corrected chi connectivity index (χ2v) is 5.89. The highest BCUT2D eigenvalue weighted by atomic mass is 35.5. The summed E-state index contributed by atoms with van der Waals surface area (Å²) in [7, 11) is 1.78. The first-order valence-electron chi connectivity index (χ1n) is 7.45. The molecule has 1 aromatic carbocycles. The first kappa shape index (κ1) is 16.8. The van der Waals surface area contributed by atoms with Crippen molar-refractivity contribution in [3.63, 3.8) is 0 Å². The van der Waals surface area contributed by atoms with Crippen LogP contribution in [0, 0.1) is 0 Å². The molecule has 2 rings (SSSR count). The van der Waals surface area contributed by atoms with E-state index in [1.54, 1.807) is 17.0 Å². The van der Waals surface area contributed by atoms with E-state index in [0.717, 1.165) is 5.56 Å². The average Bonchev–Trinajstić information content (AvgIpc) is 2.75. The molecule has 120 valence electrons. The Bertz CT molecular complexity index is 587. The van der Waals surface area contributed by atoms with Crippen molar-refractivity contribution in [2.75, 3.05) is 20.1 Å². The van der Waals surface area contributed by atoms with E-state index in [4.69, 9.17) is 16.4 Å². The van der Waals surface area contributed by atoms with Gasteiger partial charge in [0.05, 0.1) is 6.42 Å². The summed E-state index contributed by atoms with van der Waals surface area (Å²) in [6.07, 6.45) is 0.211. The normalized spacial score (nSPS) is 21.0. The fraction of sp³-hybridized carbons (Fsp3) is 0.500. The van der Waals surface area contributed by atoms with Crippen LogP contribution < -0.4 is 0 Å². The molecule has 0 radical (unpaired) electrons. The molecule has 1 amide bonds. The number of nitrogens with zero attached hydrogens (tertiary/aromatic N) is 3. The van der Waals surface area contributed by atoms with Gasteiger partial charge in [0.15, 0.2) is 11.6 Å². The standard InChI is InChI=1S/C16H22ClN3O2/c1-5-20(6-2)14(21)11-16(3)18-15(19(4)22-16)12-8-7-9-13(17)10-12/h7-10H,5-6,11H2,1-4H3. The van der Waals surface area contributed by atoms with Gasteiger partial charge in [-0.1, -0.05) is 23.7 Å². The van der Waals surface area contributed by atoms with Gasteiger partial charge in [-0.3, -0.25) is 4.79 Å². The number of hydroxylamine groups is 2. The molecule has 0 spiro atoms. The zero-order valence-corrected chi connectivity index (χ0v) is 14.2. The second-order valence-electron chi connectivity index (χ2n) is 5.45. The van der Waals surface area contributed by atoms with Crippen molar-refractivity contribution in [3.05, 3.63) is 34.9 Å². The monoisotopic (exact) mass is 323 g/mol. The lowest BCUT2D eigenvalue weighted by atomic mass is 10.1. The predicted molar refractivity (Wildman–Crippen MR) is 87.8 cm³/mol. The third kappa shape index (κ3) is 3.59. The number of aliphatic imine (C=N–C) groups is 1. The summed E-state index contributed by atoms with van der Waals surface area (Å²) in [6.45, 7) is 7.12. The number of amides is 1. The summed E-state index contributed by atoms with van der Waals surface area (Å²) in [5.74, 6) is 0.717. The largest absolute Gasteiger partial charge is 0.343 e. The molecular weight excluding hydrogens is 302 g/mol. The van der Waals surface area contributed by atoms with Gasteiger partial charge in [-0.2, -0.15) is 0 Å². The molecule has 0 saturated heterocycles. The lowest BCUT2D eigenvalue weighted by Crippen LogP contribution is -2.38. The molecule has 1 heterocycles. The van der Waals surface area contributed by atoms with E-state index in [1.165, 1.54) is 0 Å². The van der Waals surface area contributed by atoms with Crippen LogP contribution in [-0.2, 0) is 9.63 Å². The number of hydrogen-bond donors (Lipinski definition) is 0. The van der Waals surface area contributed by atoms with E-state index >= 15 is 0 Å². The van der Waals surface area contributed by atoms with Crippen LogP contribution >= 0.6 is 11.6 Å². The Morgan fingerprint density at radius 3 is 2.68 bits per heavy atom. The van der Waals surface area contributed by atoms with Crippen LogP contribution in [0.3, 0.4) is 0 Å². The summed E-state index contributed by atoms with van der Waals surface area (Å²) in [5.41, 5.74) is -0.0134. The highest BCUT2D eigenvalue weighted by Crippen LogP contribution is 2.29. The molecule has 6 heteroatoms. The van der Waals surface area contributed by atoms with E-state index in [1.807, 2.05) is 45.0 Å². The van der Waals surface area contributed by atoms with Gasteiger partial charge in [-0.25, -0.2) is 14.9 Å². The molecule has 5 nitrogen and oxygen atoms in total. The minimum Gasteiger partial charge on any atom is -0.343 e. The highest BCUT2D eigenvalue weighted by molar-refractivity contribution is 6.31. The van der Waals surface area contributed by atoms with Crippen molar-refractivity contribution >= 4 is 23.3 Å². The van der Waals surface area contributed by atoms with Gasteiger partial charge in [0, 0.05) is 30.7 Å². The maximum absolute atomic E-state index is 12.3. The van der Waals surface area contributed by atoms with Gasteiger partial charge in [0.2, 0.25) is 5.91 Å². The SMILES string of the molecule is CCN(CC)C(=O)CC1(C)N=C(c2cccc(Cl)c2)N(C)O1. The van der Waals surface area contributed by atoms with Gasteiger partial charge in [-0.05, 0) is 32.9 Å². The lowest BCUT2D eigenvalue weighted by Gasteiger charge is -2.25. The van der Waals surface area contributed by atoms with Crippen LogP contribution in [0.1, 0.15) is 32.8 Å². The Kier molecular flexibility index (Phi) is 5.08. The Morgan fingerprint density at radius 1 is 1.41 bits per heavy atom. The quantitative estimate of drug-likeness (QED) is 0.837. The number of benzene rings is 1. The van der Waals surface area contributed by atoms with E-state index < -0.39 is 5.72 Å². The van der Waals surface area contributed by atoms with Gasteiger partial charge < -0.3 is 4.90 Å². The maximum Gasteiger partial charge on any atom is 0.227 e. The van der Waals surface area contributed by atoms with Crippen LogP contribution in [-0.4, -0.2) is 47.6 Å². The minimum atomic E-state index is -0.883. The first-order valence-corrected chi connectivity index (χ1v) is 7.82. The number of carbonyl (C=O) groups excluding carboxylic acids is 1. The van der Waals surface area contributed by atoms with Crippen LogP contribution in [0.2, 0.25) is 5.02 Å². The molecule has 0 bridgehead atoms. The van der Waals surface area contributed by atoms with E-state index in [-0.39, 0.29) is 12.3 Å². The molecular formula is C16H22ClN3O2. The van der Waals surface area contributed by atoms with Crippen LogP contribution in [0.4, 0.5) is 0 Å². The number of carbonyl (C=O) groups is 1. The van der Waals surface area contributed by atoms with Crippen molar-refractivity contribution in [1.82, 2.24) is 9.96 Å². The van der Waals surface area contributed by atoms with Gasteiger partial charge in [0.1, 0.15) is 0 Å². The van der Waals surface area contributed by atoms with Crippen LogP contribution in [0.15, 0.2) is 29.3 Å². The molecule has 1 aliphatic rings. The summed E-state index contributed by atoms with van der Waals surface area (Å²) in [4.78, 5) is 24.5. The first-order chi connectivity index (χ1) is 10.4. The zero-order chi connectivity index (χ0) is 16.3. The van der Waals surface area contributed by atoms with Crippen molar-refractivity contribution in [2.24, 2.45) is 4.99 Å². The molecule has 1 unspecified atom stereocenters. The molecule has 1 aliphatic heterocycles. The molecule has 0 aliphatic carbocycles. The molecule has 0 aromatic heterocycles. The Hall–Kier alpha value is -1.59. The molecule has 0 N–H and O–H groups in total. The summed E-state index contributed by atoms with van der Waals surface area (Å²) >= 11 is 6.03. The third-order valence-electron chi connectivity index (χ3n) is 3.65. The lowest BCUT2D eigenvalue weighted by molar-refractivity contribution is -0.170. The maximum atomic E-state index is 12.3. The van der Waals surface area contributed by atoms with Crippen LogP contribution in [0.25, 0.3) is 0 Å². The molecule has 0 fully saturated rings. The Morgan fingerprint density at radius 2 is 2.09 bits per heavy atom. The average molecular weight is 324 g/mol. The second kappa shape index (κ2) is 6.67. The summed E-state index contributed by atoms with van der Waals surface area (Å²) in [6, 6.07) is 7.43. The van der Waals surface area contributed by atoms with E-state index in [9.17, 15) is 4.79 Å². The fourth-order valence-corrected chi connectivity index (χ4v) is 2.76. The smallest absolute Gasteiger partial charge is 0.227 e. The molecule has 0 saturated carbocycles. The highest BCUT2D eigenvalue weighted by Gasteiger charge is 2.38. The Labute approximate surface area is 136 Å². The van der Waals surface area contributed by atoms with E-state index in [2.05, 4.69) is 4.99 Å². The number of amidine groups is 1. The number of rotatable bonds is 5. The van der Waals surface area contributed by atoms with E-state index in [0.29, 0.717) is 23.9 Å². The van der Waals surface area contributed by atoms with Gasteiger partial charge in [0.25, 0.3) is 0 Å². The van der Waals surface area contributed by atoms with Crippen LogP contribution in [0.5, 0.6) is 0 Å². The van der Waals surface area contributed by atoms with Gasteiger partial charge >= 0.3 is 0 Å².